The van der Waals surface area contributed by atoms with Crippen LogP contribution in [0.4, 0.5) is 20.6 Å². The number of aromatic nitrogens is 4. The Hall–Kier alpha value is -4.77. The van der Waals surface area contributed by atoms with Gasteiger partial charge in [0, 0.05) is 34.9 Å². The molecule has 1 saturated heterocycles. The van der Waals surface area contributed by atoms with Crippen molar-refractivity contribution in [2.24, 2.45) is 0 Å². The monoisotopic (exact) mass is 554 g/mol. The highest BCUT2D eigenvalue weighted by atomic mass is 19.1. The first-order valence-electron chi connectivity index (χ1n) is 13.7. The van der Waals surface area contributed by atoms with Gasteiger partial charge in [0.15, 0.2) is 0 Å². The molecule has 11 heteroatoms. The van der Waals surface area contributed by atoms with Crippen LogP contribution >= 0.6 is 0 Å². The fraction of sp³-hybridized carbons (Fsp3) is 0.267. The number of anilines is 2. The number of hydrogen-bond donors (Lipinski definition) is 4. The van der Waals surface area contributed by atoms with E-state index in [1.165, 1.54) is 31.0 Å². The molecule has 41 heavy (non-hydrogen) atoms. The number of benzene rings is 3. The molecule has 0 aliphatic carbocycles. The second-order valence-electron chi connectivity index (χ2n) is 10.4. The topological polar surface area (TPSA) is 120 Å². The molecule has 5 aromatic rings. The highest BCUT2D eigenvalue weighted by Gasteiger charge is 2.21. The zero-order valence-corrected chi connectivity index (χ0v) is 22.7. The molecule has 0 bridgehead atoms. The van der Waals surface area contributed by atoms with E-state index in [0.29, 0.717) is 36.1 Å². The van der Waals surface area contributed by atoms with Gasteiger partial charge in [0.25, 0.3) is 5.91 Å². The number of hydrogen-bond acceptors (Lipinski definition) is 5. The minimum atomic E-state index is -0.434. The zero-order chi connectivity index (χ0) is 28.3. The van der Waals surface area contributed by atoms with E-state index in [4.69, 9.17) is 4.98 Å². The summed E-state index contributed by atoms with van der Waals surface area (Å²) in [5, 5.41) is 13.5. The average molecular weight is 555 g/mol. The molecular weight excluding hydrogens is 523 g/mol. The molecule has 1 fully saturated rings. The van der Waals surface area contributed by atoms with Gasteiger partial charge in [-0.3, -0.25) is 14.4 Å². The molecule has 4 N–H and O–H groups in total. The Morgan fingerprint density at radius 3 is 2.78 bits per heavy atom. The predicted octanol–water partition coefficient (Wildman–Crippen LogP) is 5.11. The Balaban J connectivity index is 1.06. The van der Waals surface area contributed by atoms with Crippen molar-refractivity contribution >= 4 is 45.2 Å². The molecule has 2 aromatic heterocycles. The molecule has 1 aliphatic heterocycles. The van der Waals surface area contributed by atoms with Crippen LogP contribution in [0.2, 0.25) is 0 Å². The van der Waals surface area contributed by atoms with E-state index in [1.54, 1.807) is 29.1 Å². The van der Waals surface area contributed by atoms with Crippen LogP contribution < -0.4 is 16.0 Å². The van der Waals surface area contributed by atoms with E-state index in [0.717, 1.165) is 40.9 Å². The van der Waals surface area contributed by atoms with Crippen LogP contribution in [-0.4, -0.2) is 55.7 Å². The molecule has 0 unspecified atom stereocenters. The van der Waals surface area contributed by atoms with Crippen LogP contribution in [0.15, 0.2) is 66.9 Å². The van der Waals surface area contributed by atoms with Crippen molar-refractivity contribution in [3.8, 4) is 0 Å². The number of amides is 3. The van der Waals surface area contributed by atoms with Crippen molar-refractivity contribution in [2.45, 2.75) is 38.9 Å². The summed E-state index contributed by atoms with van der Waals surface area (Å²) < 4.78 is 15.1. The molecule has 6 rings (SSSR count). The number of fused-ring (bicyclic) bond motifs is 2. The number of nitrogens with one attached hydrogen (secondary N) is 4. The molecule has 3 heterocycles. The average Bonchev–Trinajstić information content (AvgIpc) is 3.66. The summed E-state index contributed by atoms with van der Waals surface area (Å²) in [5.74, 6) is 0.289. The van der Waals surface area contributed by atoms with Crippen LogP contribution in [0.25, 0.3) is 21.9 Å². The Morgan fingerprint density at radius 2 is 1.95 bits per heavy atom. The fourth-order valence-corrected chi connectivity index (χ4v) is 5.26. The van der Waals surface area contributed by atoms with E-state index in [1.807, 2.05) is 24.3 Å². The van der Waals surface area contributed by atoms with E-state index in [-0.39, 0.29) is 5.91 Å². The number of carbonyl (C=O) groups is 2. The number of aromatic amines is 1. The molecule has 0 radical (unpaired) electrons. The summed E-state index contributed by atoms with van der Waals surface area (Å²) in [6, 6.07) is 16.9. The Labute approximate surface area is 235 Å². The number of likely N-dealkylation sites (tertiary alicyclic amines) is 1. The first-order valence-corrected chi connectivity index (χ1v) is 13.7. The van der Waals surface area contributed by atoms with Gasteiger partial charge in [-0.05, 0) is 80.9 Å². The van der Waals surface area contributed by atoms with Gasteiger partial charge in [0.1, 0.15) is 11.6 Å². The normalized spacial score (nSPS) is 15.4. The maximum Gasteiger partial charge on any atom is 0.319 e. The Kier molecular flexibility index (Phi) is 7.34. The summed E-state index contributed by atoms with van der Waals surface area (Å²) in [7, 11) is 0. The lowest BCUT2D eigenvalue weighted by molar-refractivity contribution is 0.102. The molecule has 210 valence electrons. The summed E-state index contributed by atoms with van der Waals surface area (Å²) in [6.07, 6.45) is 4.13. The standard InChI is InChI=1S/C30H31FN8O2/c1-19-4-3-12-38(19)18-28-36-25-9-8-24(16-26(25)37-28)34-29(40)20-7-10-27-21(14-20)17-33-39(27)13-11-32-30(41)35-23-6-2-5-22(31)15-23/h2,5-10,14-17,19H,3-4,11-13,18H2,1H3,(H,34,40)(H,36,37)(H2,32,35,41)/t19-/m0/s1. The van der Waals surface area contributed by atoms with E-state index in [2.05, 4.69) is 37.9 Å². The van der Waals surface area contributed by atoms with Crippen molar-refractivity contribution in [3.63, 3.8) is 0 Å². The number of H-pyrrole nitrogens is 1. The number of urea groups is 1. The number of imidazole rings is 1. The SMILES string of the molecule is C[C@H]1CCCN1Cc1nc2ccc(NC(=O)c3ccc4c(cnn4CCNC(=O)Nc4cccc(F)c4)c3)cc2[nH]1. The zero-order valence-electron chi connectivity index (χ0n) is 22.7. The number of nitrogens with zero attached hydrogens (tertiary/aromatic N) is 4. The fourth-order valence-electron chi connectivity index (χ4n) is 5.26. The van der Waals surface area contributed by atoms with Gasteiger partial charge >= 0.3 is 6.03 Å². The summed E-state index contributed by atoms with van der Waals surface area (Å²) in [4.78, 5) is 35.7. The molecule has 1 aliphatic rings. The third-order valence-corrected chi connectivity index (χ3v) is 7.43. The predicted molar refractivity (Wildman–Crippen MR) is 156 cm³/mol. The highest BCUT2D eigenvalue weighted by molar-refractivity contribution is 6.06. The van der Waals surface area contributed by atoms with Crippen molar-refractivity contribution in [2.75, 3.05) is 23.7 Å². The lowest BCUT2D eigenvalue weighted by atomic mass is 10.1. The highest BCUT2D eigenvalue weighted by Crippen LogP contribution is 2.23. The van der Waals surface area contributed by atoms with Crippen LogP contribution in [0.3, 0.4) is 0 Å². The summed E-state index contributed by atoms with van der Waals surface area (Å²) >= 11 is 0. The minimum Gasteiger partial charge on any atom is -0.341 e. The van der Waals surface area contributed by atoms with Crippen LogP contribution in [-0.2, 0) is 13.1 Å². The summed E-state index contributed by atoms with van der Waals surface area (Å²) in [5.41, 5.74) is 4.18. The van der Waals surface area contributed by atoms with Gasteiger partial charge in [0.05, 0.1) is 35.8 Å². The van der Waals surface area contributed by atoms with Gasteiger partial charge < -0.3 is 20.9 Å². The quantitative estimate of drug-likeness (QED) is 0.213. The van der Waals surface area contributed by atoms with Crippen molar-refractivity contribution in [3.05, 3.63) is 84.1 Å². The minimum absolute atomic E-state index is 0.222. The van der Waals surface area contributed by atoms with Gasteiger partial charge in [0.2, 0.25) is 0 Å². The number of rotatable bonds is 8. The molecule has 3 aromatic carbocycles. The number of halogens is 1. The lowest BCUT2D eigenvalue weighted by Crippen LogP contribution is -2.31. The third kappa shape index (κ3) is 6.04. The largest absolute Gasteiger partial charge is 0.341 e. The third-order valence-electron chi connectivity index (χ3n) is 7.43. The van der Waals surface area contributed by atoms with Gasteiger partial charge in [-0.25, -0.2) is 14.2 Å². The van der Waals surface area contributed by atoms with Crippen LogP contribution in [0.1, 0.15) is 35.9 Å². The Bertz CT molecular complexity index is 1730. The Morgan fingerprint density at radius 1 is 1.07 bits per heavy atom. The van der Waals surface area contributed by atoms with Crippen LogP contribution in [0.5, 0.6) is 0 Å². The second kappa shape index (κ2) is 11.4. The summed E-state index contributed by atoms with van der Waals surface area (Å²) in [6.45, 7) is 4.88. The lowest BCUT2D eigenvalue weighted by Gasteiger charge is -2.19. The van der Waals surface area contributed by atoms with Gasteiger partial charge in [-0.2, -0.15) is 5.10 Å². The van der Waals surface area contributed by atoms with E-state index >= 15 is 0 Å². The van der Waals surface area contributed by atoms with Gasteiger partial charge in [-0.1, -0.05) is 6.07 Å². The first-order chi connectivity index (χ1) is 19.9. The maximum absolute atomic E-state index is 13.3. The van der Waals surface area contributed by atoms with Crippen molar-refractivity contribution in [1.82, 2.24) is 30.0 Å². The van der Waals surface area contributed by atoms with E-state index < -0.39 is 11.8 Å². The molecule has 3 amide bonds. The van der Waals surface area contributed by atoms with Gasteiger partial charge in [-0.15, -0.1) is 0 Å². The first kappa shape index (κ1) is 26.5. The molecular formula is C30H31FN8O2. The number of carbonyl (C=O) groups excluding carboxylic acids is 2. The molecule has 0 spiro atoms. The molecule has 10 nitrogen and oxygen atoms in total. The smallest absolute Gasteiger partial charge is 0.319 e. The molecule has 1 atom stereocenters. The van der Waals surface area contributed by atoms with Crippen LogP contribution in [0, 0.1) is 5.82 Å². The van der Waals surface area contributed by atoms with E-state index in [9.17, 15) is 14.0 Å². The second-order valence-corrected chi connectivity index (χ2v) is 10.4. The van der Waals surface area contributed by atoms with Crippen molar-refractivity contribution in [1.29, 1.82) is 0 Å². The van der Waals surface area contributed by atoms with Crippen molar-refractivity contribution < 1.29 is 14.0 Å². The molecule has 0 saturated carbocycles. The maximum atomic E-state index is 13.3.